The van der Waals surface area contributed by atoms with E-state index in [4.69, 9.17) is 17.0 Å². The number of carbonyl (C=O) groups is 3. The van der Waals surface area contributed by atoms with E-state index in [1.165, 1.54) is 32.9 Å². The molecule has 2 aliphatic heterocycles. The van der Waals surface area contributed by atoms with Gasteiger partial charge in [-0.25, -0.2) is 4.79 Å². The Morgan fingerprint density at radius 3 is 2.42 bits per heavy atom. The largest absolute Gasteiger partial charge is 0.444 e. The van der Waals surface area contributed by atoms with Crippen LogP contribution in [0, 0.1) is 0 Å². The van der Waals surface area contributed by atoms with E-state index in [1.807, 2.05) is 0 Å². The average molecular weight is 386 g/mol. The highest BCUT2D eigenvalue weighted by Gasteiger charge is 2.33. The van der Waals surface area contributed by atoms with Crippen LogP contribution in [0.4, 0.5) is 4.79 Å². The number of hydrogen-bond donors (Lipinski definition) is 1. The fourth-order valence-electron chi connectivity index (χ4n) is 2.62. The van der Waals surface area contributed by atoms with E-state index in [9.17, 15) is 14.4 Å². The molecule has 0 aliphatic carbocycles. The van der Waals surface area contributed by atoms with Gasteiger partial charge in [-0.1, -0.05) is 18.6 Å². The standard InChI is InChI=1S/C11H18N2O4.C7H13NS/c1-11(2,3)17-10(16)12-7-5-6-8(14)13(4)9(7)15;1-8-6-4-2-3-5-7(8)9/h7H,5-6H2,1-4H3,(H,12,16);2-6H2,1H3. The quantitative estimate of drug-likeness (QED) is 0.552. The van der Waals surface area contributed by atoms with E-state index in [0.29, 0.717) is 6.42 Å². The van der Waals surface area contributed by atoms with E-state index in [0.717, 1.165) is 16.3 Å². The first-order chi connectivity index (χ1) is 12.0. The Morgan fingerprint density at radius 1 is 1.15 bits per heavy atom. The molecule has 7 nitrogen and oxygen atoms in total. The Hall–Kier alpha value is -1.70. The van der Waals surface area contributed by atoms with Gasteiger partial charge >= 0.3 is 6.09 Å². The van der Waals surface area contributed by atoms with Crippen LogP contribution in [0.1, 0.15) is 59.3 Å². The van der Waals surface area contributed by atoms with Gasteiger partial charge in [0.25, 0.3) is 5.91 Å². The third kappa shape index (κ3) is 7.68. The highest BCUT2D eigenvalue weighted by Crippen LogP contribution is 2.13. The SMILES string of the molecule is CN1C(=O)CCC(NC(=O)OC(C)(C)C)C1=O.CN1CCCCCC1=S. The van der Waals surface area contributed by atoms with Crippen molar-refractivity contribution in [3.8, 4) is 0 Å². The third-order valence-electron chi connectivity index (χ3n) is 4.15. The number of alkyl carbamates (subject to hydrolysis) is 1. The van der Waals surface area contributed by atoms with Crippen LogP contribution in [-0.4, -0.2) is 65.0 Å². The van der Waals surface area contributed by atoms with Gasteiger partial charge in [0.05, 0.1) is 4.99 Å². The van der Waals surface area contributed by atoms with Crippen molar-refractivity contribution in [1.82, 2.24) is 15.1 Å². The predicted molar refractivity (Wildman–Crippen MR) is 104 cm³/mol. The van der Waals surface area contributed by atoms with Crippen molar-refractivity contribution in [2.45, 2.75) is 70.9 Å². The second kappa shape index (κ2) is 9.85. The van der Waals surface area contributed by atoms with Crippen molar-refractivity contribution < 1.29 is 19.1 Å². The van der Waals surface area contributed by atoms with Crippen LogP contribution >= 0.6 is 12.2 Å². The van der Waals surface area contributed by atoms with Crippen LogP contribution < -0.4 is 5.32 Å². The number of imide groups is 1. The summed E-state index contributed by atoms with van der Waals surface area (Å²) in [6.45, 7) is 6.39. The molecule has 1 atom stereocenters. The number of carbonyl (C=O) groups excluding carboxylic acids is 3. The van der Waals surface area contributed by atoms with E-state index >= 15 is 0 Å². The second-order valence-corrected chi connectivity index (χ2v) is 8.13. The smallest absolute Gasteiger partial charge is 0.408 e. The lowest BCUT2D eigenvalue weighted by Gasteiger charge is -2.29. The molecular formula is C18H31N3O4S. The van der Waals surface area contributed by atoms with Crippen molar-refractivity contribution in [1.29, 1.82) is 0 Å². The van der Waals surface area contributed by atoms with Gasteiger partial charge in [0.15, 0.2) is 0 Å². The monoisotopic (exact) mass is 385 g/mol. The second-order valence-electron chi connectivity index (χ2n) is 7.65. The summed E-state index contributed by atoms with van der Waals surface area (Å²) < 4.78 is 5.05. The van der Waals surface area contributed by atoms with Crippen molar-refractivity contribution in [2.24, 2.45) is 0 Å². The summed E-state index contributed by atoms with van der Waals surface area (Å²) in [7, 11) is 3.50. The maximum Gasteiger partial charge on any atom is 0.408 e. The summed E-state index contributed by atoms with van der Waals surface area (Å²) in [4.78, 5) is 38.7. The lowest BCUT2D eigenvalue weighted by atomic mass is 10.1. The van der Waals surface area contributed by atoms with Crippen LogP contribution in [-0.2, 0) is 14.3 Å². The molecule has 3 amide bonds. The molecule has 2 fully saturated rings. The Balaban J connectivity index is 0.000000314. The molecule has 0 spiro atoms. The van der Waals surface area contributed by atoms with Crippen molar-refractivity contribution >= 4 is 35.1 Å². The lowest BCUT2D eigenvalue weighted by Crippen LogP contribution is -2.53. The summed E-state index contributed by atoms with van der Waals surface area (Å²) in [6, 6.07) is -0.674. The maximum absolute atomic E-state index is 11.7. The molecule has 0 bridgehead atoms. The highest BCUT2D eigenvalue weighted by atomic mass is 32.1. The molecule has 8 heteroatoms. The molecule has 0 aromatic carbocycles. The molecule has 0 saturated carbocycles. The van der Waals surface area contributed by atoms with E-state index in [2.05, 4.69) is 17.3 Å². The van der Waals surface area contributed by atoms with Crippen molar-refractivity contribution in [2.75, 3.05) is 20.6 Å². The van der Waals surface area contributed by atoms with E-state index in [-0.39, 0.29) is 12.3 Å². The van der Waals surface area contributed by atoms with Crippen LogP contribution in [0.3, 0.4) is 0 Å². The number of likely N-dealkylation sites (tertiary alicyclic amines) is 2. The van der Waals surface area contributed by atoms with Gasteiger partial charge < -0.3 is 15.0 Å². The molecule has 26 heavy (non-hydrogen) atoms. The Kier molecular flexibility index (Phi) is 8.46. The number of hydrogen-bond acceptors (Lipinski definition) is 5. The molecule has 1 unspecified atom stereocenters. The van der Waals surface area contributed by atoms with Gasteiger partial charge in [0, 0.05) is 27.1 Å². The number of ether oxygens (including phenoxy) is 1. The van der Waals surface area contributed by atoms with Crippen molar-refractivity contribution in [3.63, 3.8) is 0 Å². The number of thiocarbonyl (C=S) groups is 1. The molecule has 0 aromatic heterocycles. The molecule has 2 rings (SSSR count). The third-order valence-corrected chi connectivity index (χ3v) is 4.67. The lowest BCUT2D eigenvalue weighted by molar-refractivity contribution is -0.148. The number of rotatable bonds is 1. The van der Waals surface area contributed by atoms with Crippen LogP contribution in [0.15, 0.2) is 0 Å². The molecule has 2 aliphatic rings. The molecule has 0 aromatic rings. The summed E-state index contributed by atoms with van der Waals surface area (Å²) in [5.74, 6) is -0.621. The summed E-state index contributed by atoms with van der Waals surface area (Å²) >= 11 is 5.14. The minimum atomic E-state index is -0.674. The molecule has 1 N–H and O–H groups in total. The number of amides is 3. The minimum Gasteiger partial charge on any atom is -0.444 e. The van der Waals surface area contributed by atoms with Gasteiger partial charge in [0.1, 0.15) is 11.6 Å². The summed E-state index contributed by atoms with van der Waals surface area (Å²) in [5.41, 5.74) is -0.608. The van der Waals surface area contributed by atoms with Crippen LogP contribution in [0.5, 0.6) is 0 Å². The number of nitrogens with zero attached hydrogens (tertiary/aromatic N) is 2. The first-order valence-corrected chi connectivity index (χ1v) is 9.46. The zero-order chi connectivity index (χ0) is 19.9. The van der Waals surface area contributed by atoms with Gasteiger partial charge in [-0.3, -0.25) is 14.5 Å². The Bertz CT molecular complexity index is 545. The van der Waals surface area contributed by atoms with Gasteiger partial charge in [0.2, 0.25) is 5.91 Å². The Labute approximate surface area is 161 Å². The molecule has 2 heterocycles. The van der Waals surface area contributed by atoms with Crippen molar-refractivity contribution in [3.05, 3.63) is 0 Å². The summed E-state index contributed by atoms with van der Waals surface area (Å²) in [5, 5.41) is 2.47. The maximum atomic E-state index is 11.7. The first-order valence-electron chi connectivity index (χ1n) is 9.05. The molecule has 148 valence electrons. The van der Waals surface area contributed by atoms with E-state index in [1.54, 1.807) is 20.8 Å². The normalized spacial score (nSPS) is 21.6. The highest BCUT2D eigenvalue weighted by molar-refractivity contribution is 7.80. The average Bonchev–Trinajstić information content (AvgIpc) is 2.71. The predicted octanol–water partition coefficient (Wildman–Crippen LogP) is 2.48. The van der Waals surface area contributed by atoms with Gasteiger partial charge in [-0.15, -0.1) is 0 Å². The minimum absolute atomic E-state index is 0.225. The topological polar surface area (TPSA) is 79.0 Å². The zero-order valence-corrected chi connectivity index (χ0v) is 17.3. The summed E-state index contributed by atoms with van der Waals surface area (Å²) in [6.07, 6.45) is 5.03. The number of nitrogens with one attached hydrogen (secondary N) is 1. The first kappa shape index (κ1) is 22.3. The number of likely N-dealkylation sites (N-methyl/N-ethyl adjacent to an activating group) is 1. The van der Waals surface area contributed by atoms with Gasteiger partial charge in [-0.2, -0.15) is 0 Å². The number of piperidine rings is 1. The van der Waals surface area contributed by atoms with E-state index < -0.39 is 23.6 Å². The molecular weight excluding hydrogens is 354 g/mol. The van der Waals surface area contributed by atoms with Gasteiger partial charge in [-0.05, 0) is 46.5 Å². The zero-order valence-electron chi connectivity index (χ0n) is 16.5. The van der Waals surface area contributed by atoms with Crippen LogP contribution in [0.25, 0.3) is 0 Å². The Morgan fingerprint density at radius 2 is 1.81 bits per heavy atom. The fraction of sp³-hybridized carbons (Fsp3) is 0.778. The van der Waals surface area contributed by atoms with Crippen LogP contribution in [0.2, 0.25) is 0 Å². The fourth-order valence-corrected chi connectivity index (χ4v) is 2.85. The molecule has 2 saturated heterocycles. The molecule has 0 radical (unpaired) electrons.